The summed E-state index contributed by atoms with van der Waals surface area (Å²) in [6.45, 7) is 2.18. The summed E-state index contributed by atoms with van der Waals surface area (Å²) in [7, 11) is 1.42. The number of urea groups is 1. The normalized spacial score (nSPS) is 16.3. The van der Waals surface area contributed by atoms with Gasteiger partial charge in [0.1, 0.15) is 6.04 Å². The Morgan fingerprint density at radius 3 is 2.50 bits per heavy atom. The van der Waals surface area contributed by atoms with E-state index in [0.717, 1.165) is 17.7 Å². The van der Waals surface area contributed by atoms with E-state index in [9.17, 15) is 22.8 Å². The number of amides is 3. The third-order valence-electron chi connectivity index (χ3n) is 5.36. The standard InChI is InChI=1S/C22H22F3N5O2/c1-14-5-3-4-6-18(14)28-21(32)29-9-10-30(19(13-29)20(31)27-2)16-8-7-15(12-26)17(11-16)22(23,24)25/h3-8,11,19H,9-10,13H2,1-2H3,(H,27,31)(H,28,32). The molecule has 1 fully saturated rings. The largest absolute Gasteiger partial charge is 0.417 e. The zero-order chi connectivity index (χ0) is 23.5. The molecule has 0 aromatic heterocycles. The van der Waals surface area contributed by atoms with Crippen molar-refractivity contribution in [3.05, 3.63) is 59.2 Å². The van der Waals surface area contributed by atoms with Crippen molar-refractivity contribution in [3.63, 3.8) is 0 Å². The first kappa shape index (κ1) is 22.9. The van der Waals surface area contributed by atoms with Crippen molar-refractivity contribution in [2.24, 2.45) is 0 Å². The number of rotatable bonds is 3. The maximum atomic E-state index is 13.4. The number of piperazine rings is 1. The molecule has 10 heteroatoms. The second kappa shape index (κ2) is 9.18. The number of para-hydroxylation sites is 1. The minimum atomic E-state index is -4.71. The Morgan fingerprint density at radius 2 is 1.88 bits per heavy atom. The van der Waals surface area contributed by atoms with Crippen LogP contribution in [0.5, 0.6) is 0 Å². The second-order valence-electron chi connectivity index (χ2n) is 7.35. The topological polar surface area (TPSA) is 88.5 Å². The zero-order valence-electron chi connectivity index (χ0n) is 17.5. The Kier molecular flexibility index (Phi) is 6.58. The number of carbonyl (C=O) groups excluding carboxylic acids is 2. The second-order valence-corrected chi connectivity index (χ2v) is 7.35. The summed E-state index contributed by atoms with van der Waals surface area (Å²) in [5.74, 6) is -0.434. The minimum Gasteiger partial charge on any atom is -0.357 e. The maximum absolute atomic E-state index is 13.4. The number of nitriles is 1. The molecular formula is C22H22F3N5O2. The van der Waals surface area contributed by atoms with Crippen LogP contribution in [0.2, 0.25) is 0 Å². The summed E-state index contributed by atoms with van der Waals surface area (Å²) in [6.07, 6.45) is -4.71. The fraction of sp³-hybridized carbons (Fsp3) is 0.318. The van der Waals surface area contributed by atoms with E-state index < -0.39 is 35.3 Å². The molecule has 2 N–H and O–H groups in total. The summed E-state index contributed by atoms with van der Waals surface area (Å²) >= 11 is 0. The number of anilines is 2. The molecule has 0 saturated carbocycles. The summed E-state index contributed by atoms with van der Waals surface area (Å²) in [4.78, 5) is 28.3. The fourth-order valence-corrected chi connectivity index (χ4v) is 3.62. The number of alkyl halides is 3. The smallest absolute Gasteiger partial charge is 0.357 e. The van der Waals surface area contributed by atoms with E-state index in [1.165, 1.54) is 22.9 Å². The lowest BCUT2D eigenvalue weighted by atomic mass is 10.0. The molecule has 1 heterocycles. The molecule has 0 aliphatic carbocycles. The molecular weight excluding hydrogens is 423 g/mol. The predicted octanol–water partition coefficient (Wildman–Crippen LogP) is 3.35. The number of carbonyl (C=O) groups is 2. The third kappa shape index (κ3) is 4.77. The quantitative estimate of drug-likeness (QED) is 0.759. The highest BCUT2D eigenvalue weighted by atomic mass is 19.4. The van der Waals surface area contributed by atoms with Gasteiger partial charge in [-0.3, -0.25) is 4.79 Å². The number of likely N-dealkylation sites (N-methyl/N-ethyl adjacent to an activating group) is 1. The molecule has 7 nitrogen and oxygen atoms in total. The summed E-state index contributed by atoms with van der Waals surface area (Å²) in [5.41, 5.74) is 0.115. The molecule has 168 valence electrons. The van der Waals surface area contributed by atoms with E-state index in [-0.39, 0.29) is 25.3 Å². The van der Waals surface area contributed by atoms with Gasteiger partial charge in [0.25, 0.3) is 0 Å². The van der Waals surface area contributed by atoms with E-state index in [0.29, 0.717) is 5.69 Å². The number of halogens is 3. The van der Waals surface area contributed by atoms with Crippen LogP contribution >= 0.6 is 0 Å². The Bertz CT molecular complexity index is 1060. The van der Waals surface area contributed by atoms with Crippen LogP contribution < -0.4 is 15.5 Å². The number of nitrogens with zero attached hydrogens (tertiary/aromatic N) is 3. The Balaban J connectivity index is 1.86. The van der Waals surface area contributed by atoms with Gasteiger partial charge in [0.15, 0.2) is 0 Å². The first-order chi connectivity index (χ1) is 15.2. The van der Waals surface area contributed by atoms with Crippen LogP contribution in [-0.2, 0) is 11.0 Å². The first-order valence-corrected chi connectivity index (χ1v) is 9.87. The lowest BCUT2D eigenvalue weighted by Crippen LogP contribution is -2.60. The van der Waals surface area contributed by atoms with Gasteiger partial charge in [-0.2, -0.15) is 18.4 Å². The molecule has 0 bridgehead atoms. The Morgan fingerprint density at radius 1 is 1.16 bits per heavy atom. The molecule has 2 aromatic carbocycles. The van der Waals surface area contributed by atoms with Crippen LogP contribution in [0, 0.1) is 18.3 Å². The highest BCUT2D eigenvalue weighted by Gasteiger charge is 2.37. The third-order valence-corrected chi connectivity index (χ3v) is 5.36. The molecule has 0 spiro atoms. The van der Waals surface area contributed by atoms with Crippen molar-refractivity contribution in [3.8, 4) is 6.07 Å². The molecule has 3 amide bonds. The van der Waals surface area contributed by atoms with Gasteiger partial charge in [0, 0.05) is 31.5 Å². The predicted molar refractivity (Wildman–Crippen MR) is 113 cm³/mol. The highest BCUT2D eigenvalue weighted by Crippen LogP contribution is 2.35. The van der Waals surface area contributed by atoms with Crippen molar-refractivity contribution in [1.29, 1.82) is 5.26 Å². The number of benzene rings is 2. The SMILES string of the molecule is CNC(=O)C1CN(C(=O)Nc2ccccc2C)CCN1c1ccc(C#N)c(C(F)(F)F)c1. The van der Waals surface area contributed by atoms with Crippen LogP contribution in [0.4, 0.5) is 29.3 Å². The average Bonchev–Trinajstić information content (AvgIpc) is 2.78. The molecule has 2 aromatic rings. The number of aryl methyl sites for hydroxylation is 1. The van der Waals surface area contributed by atoms with Gasteiger partial charge in [-0.1, -0.05) is 18.2 Å². The molecule has 1 atom stereocenters. The Labute approximate surface area is 183 Å². The summed E-state index contributed by atoms with van der Waals surface area (Å²) in [5, 5.41) is 14.3. The van der Waals surface area contributed by atoms with Gasteiger partial charge in [-0.25, -0.2) is 4.79 Å². The number of nitrogens with one attached hydrogen (secondary N) is 2. The van der Waals surface area contributed by atoms with Gasteiger partial charge in [-0.05, 0) is 36.8 Å². The van der Waals surface area contributed by atoms with Crippen molar-refractivity contribution in [2.75, 3.05) is 36.9 Å². The molecule has 1 aliphatic rings. The van der Waals surface area contributed by atoms with Crippen LogP contribution in [0.25, 0.3) is 0 Å². The zero-order valence-corrected chi connectivity index (χ0v) is 17.5. The monoisotopic (exact) mass is 445 g/mol. The van der Waals surface area contributed by atoms with Gasteiger partial charge < -0.3 is 20.4 Å². The maximum Gasteiger partial charge on any atom is 0.417 e. The van der Waals surface area contributed by atoms with Gasteiger partial charge in [0.2, 0.25) is 5.91 Å². The van der Waals surface area contributed by atoms with Crippen molar-refractivity contribution in [2.45, 2.75) is 19.1 Å². The number of hydrogen-bond donors (Lipinski definition) is 2. The molecule has 0 radical (unpaired) electrons. The van der Waals surface area contributed by atoms with Crippen molar-refractivity contribution >= 4 is 23.3 Å². The summed E-state index contributed by atoms with van der Waals surface area (Å²) in [6, 6.07) is 10.8. The highest BCUT2D eigenvalue weighted by molar-refractivity contribution is 5.92. The molecule has 3 rings (SSSR count). The molecule has 1 unspecified atom stereocenters. The van der Waals surface area contributed by atoms with E-state index >= 15 is 0 Å². The van der Waals surface area contributed by atoms with Gasteiger partial charge in [-0.15, -0.1) is 0 Å². The first-order valence-electron chi connectivity index (χ1n) is 9.87. The summed E-state index contributed by atoms with van der Waals surface area (Å²) < 4.78 is 40.2. The van der Waals surface area contributed by atoms with Gasteiger partial charge in [0.05, 0.1) is 23.7 Å². The average molecular weight is 445 g/mol. The van der Waals surface area contributed by atoms with E-state index in [1.807, 2.05) is 19.1 Å². The van der Waals surface area contributed by atoms with E-state index in [4.69, 9.17) is 5.26 Å². The molecule has 1 aliphatic heterocycles. The van der Waals surface area contributed by atoms with Crippen LogP contribution in [0.3, 0.4) is 0 Å². The fourth-order valence-electron chi connectivity index (χ4n) is 3.62. The van der Waals surface area contributed by atoms with Gasteiger partial charge >= 0.3 is 12.2 Å². The lowest BCUT2D eigenvalue weighted by molar-refractivity contribution is -0.137. The van der Waals surface area contributed by atoms with Crippen LogP contribution in [-0.4, -0.2) is 49.6 Å². The minimum absolute atomic E-state index is 0.0151. The van der Waals surface area contributed by atoms with Crippen LogP contribution in [0.1, 0.15) is 16.7 Å². The Hall–Kier alpha value is -3.74. The lowest BCUT2D eigenvalue weighted by Gasteiger charge is -2.41. The van der Waals surface area contributed by atoms with Crippen LogP contribution in [0.15, 0.2) is 42.5 Å². The van der Waals surface area contributed by atoms with E-state index in [1.54, 1.807) is 18.2 Å². The van der Waals surface area contributed by atoms with Crippen molar-refractivity contribution < 1.29 is 22.8 Å². The number of hydrogen-bond acceptors (Lipinski definition) is 4. The van der Waals surface area contributed by atoms with E-state index in [2.05, 4.69) is 10.6 Å². The van der Waals surface area contributed by atoms with Crippen molar-refractivity contribution in [1.82, 2.24) is 10.2 Å². The molecule has 1 saturated heterocycles. The molecule has 32 heavy (non-hydrogen) atoms.